The summed E-state index contributed by atoms with van der Waals surface area (Å²) in [6, 6.07) is 12.3. The molecule has 4 nitrogen and oxygen atoms in total. The van der Waals surface area contributed by atoms with Crippen LogP contribution in [0.25, 0.3) is 22.5 Å². The lowest BCUT2D eigenvalue weighted by molar-refractivity contribution is 0.0797. The molecule has 158 valence electrons. The molecule has 2 heterocycles. The smallest absolute Gasteiger partial charge is 0.140 e. The highest BCUT2D eigenvalue weighted by molar-refractivity contribution is 9.10. The number of aromatic nitrogens is 3. The summed E-state index contributed by atoms with van der Waals surface area (Å²) in [4.78, 5) is 4.94. The zero-order chi connectivity index (χ0) is 21.3. The first-order chi connectivity index (χ1) is 14.3. The van der Waals surface area contributed by atoms with Crippen molar-refractivity contribution < 1.29 is 9.13 Å². The largest absolute Gasteiger partial charge is 0.360 e. The van der Waals surface area contributed by atoms with Crippen molar-refractivity contribution in [3.05, 3.63) is 58.6 Å². The van der Waals surface area contributed by atoms with Gasteiger partial charge in [-0.1, -0.05) is 31.8 Å². The molecule has 1 aliphatic rings. The van der Waals surface area contributed by atoms with Gasteiger partial charge in [0, 0.05) is 31.9 Å². The van der Waals surface area contributed by atoms with Gasteiger partial charge in [-0.3, -0.25) is 4.98 Å². The Morgan fingerprint density at radius 2 is 2.00 bits per heavy atom. The molecule has 0 radical (unpaired) electrons. The fraction of sp³-hybridized carbons (Fsp3) is 0.391. The average molecular weight is 488 g/mol. The summed E-state index contributed by atoms with van der Waals surface area (Å²) in [5, 5.41) is 4.60. The topological polar surface area (TPSA) is 39.9 Å². The Morgan fingerprint density at radius 1 is 1.20 bits per heavy atom. The summed E-state index contributed by atoms with van der Waals surface area (Å²) >= 11 is 3.30. The highest BCUT2D eigenvalue weighted by Crippen LogP contribution is 2.40. The van der Waals surface area contributed by atoms with Crippen LogP contribution in [0.2, 0.25) is 25.7 Å². The van der Waals surface area contributed by atoms with Gasteiger partial charge in [0.2, 0.25) is 0 Å². The van der Waals surface area contributed by atoms with Crippen molar-refractivity contribution in [2.24, 2.45) is 0 Å². The van der Waals surface area contributed by atoms with Crippen LogP contribution in [0.15, 0.2) is 47.1 Å². The lowest BCUT2D eigenvalue weighted by Gasteiger charge is -2.16. The molecule has 3 aromatic rings. The molecule has 0 N–H and O–H groups in total. The third-order valence-electron chi connectivity index (χ3n) is 5.29. The predicted octanol–water partition coefficient (Wildman–Crippen LogP) is 6.70. The van der Waals surface area contributed by atoms with Crippen molar-refractivity contribution >= 4 is 24.0 Å². The SMILES string of the molecule is C[Si](C)(C)CCOCn1ncc(-c2ccc(F)c(Br)c2)c1-c1cccc(C2CC2)n1. The van der Waals surface area contributed by atoms with E-state index in [1.807, 2.05) is 16.9 Å². The van der Waals surface area contributed by atoms with Crippen LogP contribution < -0.4 is 0 Å². The molecule has 0 unspecified atom stereocenters. The third-order valence-corrected chi connectivity index (χ3v) is 7.60. The van der Waals surface area contributed by atoms with E-state index in [-0.39, 0.29) is 5.82 Å². The van der Waals surface area contributed by atoms with Gasteiger partial charge in [-0.15, -0.1) is 0 Å². The fourth-order valence-corrected chi connectivity index (χ4v) is 4.48. The van der Waals surface area contributed by atoms with Crippen LogP contribution in [0.3, 0.4) is 0 Å². The summed E-state index contributed by atoms with van der Waals surface area (Å²) < 4.78 is 22.1. The van der Waals surface area contributed by atoms with Crippen LogP contribution in [-0.2, 0) is 11.5 Å². The van der Waals surface area contributed by atoms with Gasteiger partial charge in [0.05, 0.1) is 22.1 Å². The molecule has 0 saturated heterocycles. The monoisotopic (exact) mass is 487 g/mol. The van der Waals surface area contributed by atoms with E-state index >= 15 is 0 Å². The number of rotatable bonds is 8. The molecule has 0 amide bonds. The molecule has 4 rings (SSSR count). The quantitative estimate of drug-likeness (QED) is 0.262. The van der Waals surface area contributed by atoms with Gasteiger partial charge in [-0.2, -0.15) is 5.10 Å². The second-order valence-electron chi connectivity index (χ2n) is 9.11. The van der Waals surface area contributed by atoms with Gasteiger partial charge in [-0.05, 0) is 64.6 Å². The molecule has 1 aromatic carbocycles. The van der Waals surface area contributed by atoms with E-state index < -0.39 is 8.07 Å². The van der Waals surface area contributed by atoms with Gasteiger partial charge in [0.25, 0.3) is 0 Å². The average Bonchev–Trinajstić information content (AvgIpc) is 3.47. The number of hydrogen-bond acceptors (Lipinski definition) is 3. The minimum Gasteiger partial charge on any atom is -0.360 e. The molecule has 0 atom stereocenters. The Hall–Kier alpha value is -1.83. The maximum atomic E-state index is 13.8. The lowest BCUT2D eigenvalue weighted by Crippen LogP contribution is -2.22. The van der Waals surface area contributed by atoms with Crippen molar-refractivity contribution in [3.8, 4) is 22.5 Å². The number of halogens is 2. The van der Waals surface area contributed by atoms with Gasteiger partial charge in [0.1, 0.15) is 12.5 Å². The van der Waals surface area contributed by atoms with E-state index in [2.05, 4.69) is 52.8 Å². The summed E-state index contributed by atoms with van der Waals surface area (Å²) in [7, 11) is -1.15. The second kappa shape index (κ2) is 8.73. The van der Waals surface area contributed by atoms with Crippen molar-refractivity contribution in [2.75, 3.05) is 6.61 Å². The Morgan fingerprint density at radius 3 is 2.70 bits per heavy atom. The standard InChI is InChI=1S/C23H27BrFN3OSi/c1-30(2,3)12-11-29-15-28-23(22-6-4-5-21(27-22)16-7-8-16)18(14-26-28)17-9-10-20(25)19(24)13-17/h4-6,9-10,13-14,16H,7-8,11-12,15H2,1-3H3. The molecular formula is C23H27BrFN3OSi. The second-order valence-corrected chi connectivity index (χ2v) is 15.6. The Labute approximate surface area is 186 Å². The third kappa shape index (κ3) is 5.07. The van der Waals surface area contributed by atoms with Crippen molar-refractivity contribution in [3.63, 3.8) is 0 Å². The maximum Gasteiger partial charge on any atom is 0.140 e. The van der Waals surface area contributed by atoms with Gasteiger partial charge in [-0.25, -0.2) is 9.07 Å². The highest BCUT2D eigenvalue weighted by Gasteiger charge is 2.26. The van der Waals surface area contributed by atoms with Crippen LogP contribution >= 0.6 is 15.9 Å². The molecular weight excluding hydrogens is 461 g/mol. The number of nitrogens with zero attached hydrogens (tertiary/aromatic N) is 3. The molecule has 7 heteroatoms. The number of pyridine rings is 1. The van der Waals surface area contributed by atoms with E-state index in [1.54, 1.807) is 12.1 Å². The first kappa shape index (κ1) is 21.4. The van der Waals surface area contributed by atoms with Gasteiger partial charge < -0.3 is 4.74 Å². The molecule has 2 aromatic heterocycles. The zero-order valence-corrected chi connectivity index (χ0v) is 20.2. The summed E-state index contributed by atoms with van der Waals surface area (Å²) in [6.45, 7) is 8.12. The normalized spacial score (nSPS) is 14.3. The van der Waals surface area contributed by atoms with Crippen LogP contribution in [-0.4, -0.2) is 29.4 Å². The van der Waals surface area contributed by atoms with E-state index in [0.29, 0.717) is 17.1 Å². The number of benzene rings is 1. The molecule has 0 spiro atoms. The zero-order valence-electron chi connectivity index (χ0n) is 17.7. The Kier molecular flexibility index (Phi) is 6.23. The molecule has 30 heavy (non-hydrogen) atoms. The van der Waals surface area contributed by atoms with E-state index in [9.17, 15) is 4.39 Å². The van der Waals surface area contributed by atoms with Gasteiger partial charge in [0.15, 0.2) is 0 Å². The van der Waals surface area contributed by atoms with Crippen molar-refractivity contribution in [1.82, 2.24) is 14.8 Å². The van der Waals surface area contributed by atoms with E-state index in [0.717, 1.165) is 40.9 Å². The van der Waals surface area contributed by atoms with Crippen LogP contribution in [0.4, 0.5) is 4.39 Å². The fourth-order valence-electron chi connectivity index (χ4n) is 3.35. The highest BCUT2D eigenvalue weighted by atomic mass is 79.9. The first-order valence-electron chi connectivity index (χ1n) is 10.4. The maximum absolute atomic E-state index is 13.8. The number of ether oxygens (including phenoxy) is 1. The predicted molar refractivity (Wildman–Crippen MR) is 125 cm³/mol. The summed E-state index contributed by atoms with van der Waals surface area (Å²) in [5.74, 6) is 0.286. The summed E-state index contributed by atoms with van der Waals surface area (Å²) in [5.41, 5.74) is 4.73. The Bertz CT molecular complexity index is 1040. The molecule has 0 aliphatic heterocycles. The van der Waals surface area contributed by atoms with Crippen LogP contribution in [0.1, 0.15) is 24.5 Å². The molecule has 1 aliphatic carbocycles. The van der Waals surface area contributed by atoms with Crippen molar-refractivity contribution in [1.29, 1.82) is 0 Å². The van der Waals surface area contributed by atoms with E-state index in [1.165, 1.54) is 18.9 Å². The van der Waals surface area contributed by atoms with Crippen LogP contribution in [0, 0.1) is 5.82 Å². The van der Waals surface area contributed by atoms with Crippen LogP contribution in [0.5, 0.6) is 0 Å². The molecule has 1 fully saturated rings. The number of hydrogen-bond donors (Lipinski definition) is 0. The minimum atomic E-state index is -1.15. The molecule has 0 bridgehead atoms. The van der Waals surface area contributed by atoms with E-state index in [4.69, 9.17) is 9.72 Å². The van der Waals surface area contributed by atoms with Crippen molar-refractivity contribution in [2.45, 2.75) is 51.2 Å². The minimum absolute atomic E-state index is 0.281. The van der Waals surface area contributed by atoms with Gasteiger partial charge >= 0.3 is 0 Å². The first-order valence-corrected chi connectivity index (χ1v) is 14.9. The Balaban J connectivity index is 1.69. The lowest BCUT2D eigenvalue weighted by atomic mass is 10.0. The summed E-state index contributed by atoms with van der Waals surface area (Å²) in [6.07, 6.45) is 4.23. The molecule has 1 saturated carbocycles.